The van der Waals surface area contributed by atoms with Crippen LogP contribution in [0.3, 0.4) is 0 Å². The quantitative estimate of drug-likeness (QED) is 0.401. The molecule has 0 amide bonds. The van der Waals surface area contributed by atoms with E-state index in [9.17, 15) is 14.7 Å². The number of aromatic nitrogens is 1. The molecule has 2 aliphatic rings. The molecule has 2 aliphatic heterocycles. The molecule has 38 heavy (non-hydrogen) atoms. The second-order valence-corrected chi connectivity index (χ2v) is 9.64. The first kappa shape index (κ1) is 23.7. The summed E-state index contributed by atoms with van der Waals surface area (Å²) in [4.78, 5) is 32.7. The average molecular weight is 527 g/mol. The van der Waals surface area contributed by atoms with Crippen LogP contribution in [0.15, 0.2) is 88.2 Å². The zero-order chi connectivity index (χ0) is 26.2. The number of nitrogens with zero attached hydrogens (tertiary/aromatic N) is 2. The maximum Gasteiger partial charge on any atom is 0.338 e. The van der Waals surface area contributed by atoms with E-state index in [1.54, 1.807) is 49.4 Å². The fourth-order valence-corrected chi connectivity index (χ4v) is 5.56. The Hall–Kier alpha value is -4.63. The Balaban J connectivity index is 1.64. The number of ether oxygens (including phenoxy) is 3. The minimum Gasteiger partial charge on any atom is -0.508 e. The third-order valence-corrected chi connectivity index (χ3v) is 7.26. The molecular weight excluding hydrogens is 504 g/mol. The van der Waals surface area contributed by atoms with Crippen molar-refractivity contribution in [2.45, 2.75) is 13.0 Å². The van der Waals surface area contributed by atoms with Gasteiger partial charge < -0.3 is 19.3 Å². The molecule has 0 aliphatic carbocycles. The summed E-state index contributed by atoms with van der Waals surface area (Å²) in [5.41, 5.74) is 2.57. The van der Waals surface area contributed by atoms with Gasteiger partial charge in [-0.2, -0.15) is 0 Å². The molecule has 9 heteroatoms. The maximum atomic E-state index is 13.9. The summed E-state index contributed by atoms with van der Waals surface area (Å²) in [6.07, 6.45) is 1.75. The normalized spacial score (nSPS) is 16.2. The van der Waals surface area contributed by atoms with E-state index in [0.717, 1.165) is 11.1 Å². The second kappa shape index (κ2) is 9.68. The fourth-order valence-electron chi connectivity index (χ4n) is 4.56. The lowest BCUT2D eigenvalue weighted by atomic mass is 9.93. The minimum absolute atomic E-state index is 0.101. The highest BCUT2D eigenvalue weighted by Crippen LogP contribution is 2.40. The number of carbonyl (C=O) groups excluding carboxylic acids is 1. The number of esters is 1. The van der Waals surface area contributed by atoms with Gasteiger partial charge in [-0.3, -0.25) is 9.36 Å². The van der Waals surface area contributed by atoms with Gasteiger partial charge in [0.15, 0.2) is 16.3 Å². The van der Waals surface area contributed by atoms with E-state index in [1.807, 2.05) is 36.4 Å². The van der Waals surface area contributed by atoms with Crippen LogP contribution < -0.4 is 24.4 Å². The van der Waals surface area contributed by atoms with Gasteiger partial charge in [0.25, 0.3) is 5.56 Å². The average Bonchev–Trinajstić information content (AvgIpc) is 3.53. The zero-order valence-electron chi connectivity index (χ0n) is 20.3. The van der Waals surface area contributed by atoms with Gasteiger partial charge in [-0.05, 0) is 48.4 Å². The lowest BCUT2D eigenvalue weighted by molar-refractivity contribution is -0.138. The molecule has 8 nitrogen and oxygen atoms in total. The van der Waals surface area contributed by atoms with Gasteiger partial charge >= 0.3 is 5.97 Å². The molecule has 3 aromatic carbocycles. The van der Waals surface area contributed by atoms with Crippen LogP contribution in [0.4, 0.5) is 0 Å². The van der Waals surface area contributed by atoms with Crippen LogP contribution in [0.2, 0.25) is 0 Å². The van der Waals surface area contributed by atoms with Gasteiger partial charge in [-0.15, -0.1) is 0 Å². The number of hydrogen-bond donors (Lipinski definition) is 1. The van der Waals surface area contributed by atoms with Gasteiger partial charge in [0, 0.05) is 5.56 Å². The lowest BCUT2D eigenvalue weighted by Crippen LogP contribution is -2.40. The minimum atomic E-state index is -0.808. The number of phenolic OH excluding ortho intramolecular Hbond substituents is 1. The van der Waals surface area contributed by atoms with Crippen LogP contribution in [0.1, 0.15) is 29.7 Å². The van der Waals surface area contributed by atoms with E-state index in [-0.39, 0.29) is 30.3 Å². The van der Waals surface area contributed by atoms with Crippen molar-refractivity contribution in [3.63, 3.8) is 0 Å². The van der Waals surface area contributed by atoms with Gasteiger partial charge in [0.05, 0.1) is 28.5 Å². The van der Waals surface area contributed by atoms with Crippen molar-refractivity contribution in [2.75, 3.05) is 13.4 Å². The molecule has 0 saturated carbocycles. The van der Waals surface area contributed by atoms with E-state index in [2.05, 4.69) is 0 Å². The molecular formula is C29H22N2O6S. The lowest BCUT2D eigenvalue weighted by Gasteiger charge is -2.26. The summed E-state index contributed by atoms with van der Waals surface area (Å²) < 4.78 is 18.6. The standard InChI is InChI=1S/C29H22N2O6S/c1-2-35-28(34)24-25(18-6-4-3-5-7-18)30-29-31(26(24)19-10-13-21-22(15-19)37-16-36-21)27(33)23(38-29)14-17-8-11-20(32)12-9-17/h3-15,26,32H,2,16H2,1H3/b23-14-. The predicted molar refractivity (Wildman–Crippen MR) is 142 cm³/mol. The van der Waals surface area contributed by atoms with Gasteiger partial charge in [0.2, 0.25) is 6.79 Å². The molecule has 3 heterocycles. The Labute approximate surface area is 221 Å². The molecule has 0 bridgehead atoms. The molecule has 4 aromatic rings. The number of fused-ring (bicyclic) bond motifs is 2. The highest BCUT2D eigenvalue weighted by Gasteiger charge is 2.36. The number of carbonyl (C=O) groups is 1. The Morgan fingerprint density at radius 2 is 1.87 bits per heavy atom. The number of aromatic hydroxyl groups is 1. The maximum absolute atomic E-state index is 13.9. The molecule has 0 radical (unpaired) electrons. The highest BCUT2D eigenvalue weighted by atomic mass is 32.1. The van der Waals surface area contributed by atoms with Gasteiger partial charge in [-0.25, -0.2) is 9.79 Å². The summed E-state index contributed by atoms with van der Waals surface area (Å²) in [5, 5.41) is 9.64. The second-order valence-electron chi connectivity index (χ2n) is 8.64. The van der Waals surface area contributed by atoms with Crippen molar-refractivity contribution in [1.29, 1.82) is 0 Å². The Kier molecular flexibility index (Phi) is 6.05. The highest BCUT2D eigenvalue weighted by molar-refractivity contribution is 7.07. The third-order valence-electron chi connectivity index (χ3n) is 6.28. The van der Waals surface area contributed by atoms with Crippen molar-refractivity contribution in [1.82, 2.24) is 4.57 Å². The van der Waals surface area contributed by atoms with E-state index < -0.39 is 12.0 Å². The van der Waals surface area contributed by atoms with Crippen LogP contribution in [-0.2, 0) is 9.53 Å². The summed E-state index contributed by atoms with van der Waals surface area (Å²) in [7, 11) is 0. The predicted octanol–water partition coefficient (Wildman–Crippen LogP) is 3.37. The molecule has 0 spiro atoms. The monoisotopic (exact) mass is 526 g/mol. The molecule has 190 valence electrons. The van der Waals surface area contributed by atoms with E-state index in [4.69, 9.17) is 19.2 Å². The first-order valence-electron chi connectivity index (χ1n) is 12.0. The van der Waals surface area contributed by atoms with Crippen LogP contribution in [-0.4, -0.2) is 29.0 Å². The Morgan fingerprint density at radius 1 is 1.11 bits per heavy atom. The fraction of sp³-hybridized carbons (Fsp3) is 0.138. The third kappa shape index (κ3) is 4.16. The van der Waals surface area contributed by atoms with Crippen LogP contribution in [0, 0.1) is 0 Å². The number of hydrogen-bond acceptors (Lipinski definition) is 8. The summed E-state index contributed by atoms with van der Waals surface area (Å²) in [6, 6.07) is 20.5. The van der Waals surface area contributed by atoms with E-state index in [0.29, 0.717) is 32.1 Å². The largest absolute Gasteiger partial charge is 0.508 e. The first-order valence-corrected chi connectivity index (χ1v) is 12.8. The smallest absolute Gasteiger partial charge is 0.338 e. The number of thiazole rings is 1. The number of phenols is 1. The number of rotatable bonds is 5. The van der Waals surface area contributed by atoms with Crippen LogP contribution in [0.5, 0.6) is 17.2 Å². The molecule has 1 atom stereocenters. The SMILES string of the molecule is CCOC(=O)C1=C(c2ccccc2)N=c2s/c(=C\c3ccc(O)cc3)c(=O)n2C1c1ccc2c(c1)OCO2. The molecule has 0 saturated heterocycles. The molecule has 0 fully saturated rings. The van der Waals surface area contributed by atoms with Crippen molar-refractivity contribution >= 4 is 29.1 Å². The van der Waals surface area contributed by atoms with E-state index >= 15 is 0 Å². The molecule has 1 aromatic heterocycles. The summed E-state index contributed by atoms with van der Waals surface area (Å²) >= 11 is 1.23. The Bertz CT molecular complexity index is 1750. The first-order chi connectivity index (χ1) is 18.5. The summed E-state index contributed by atoms with van der Waals surface area (Å²) in [5.74, 6) is 0.720. The molecule has 1 unspecified atom stereocenters. The summed E-state index contributed by atoms with van der Waals surface area (Å²) in [6.45, 7) is 2.01. The van der Waals surface area contributed by atoms with Gasteiger partial charge in [0.1, 0.15) is 5.75 Å². The Morgan fingerprint density at radius 3 is 2.63 bits per heavy atom. The van der Waals surface area contributed by atoms with Crippen LogP contribution in [0.25, 0.3) is 11.8 Å². The van der Waals surface area contributed by atoms with Crippen molar-refractivity contribution in [3.8, 4) is 17.2 Å². The van der Waals surface area contributed by atoms with Crippen molar-refractivity contribution in [3.05, 3.63) is 115 Å². The topological polar surface area (TPSA) is 99.4 Å². The number of benzene rings is 3. The molecule has 6 rings (SSSR count). The van der Waals surface area contributed by atoms with Crippen molar-refractivity contribution in [2.24, 2.45) is 4.99 Å². The van der Waals surface area contributed by atoms with Crippen LogP contribution >= 0.6 is 11.3 Å². The van der Waals surface area contributed by atoms with Gasteiger partial charge in [-0.1, -0.05) is 59.9 Å². The molecule has 1 N–H and O–H groups in total. The van der Waals surface area contributed by atoms with Crippen molar-refractivity contribution < 1.29 is 24.1 Å². The van der Waals surface area contributed by atoms with E-state index in [1.165, 1.54) is 15.9 Å². The zero-order valence-corrected chi connectivity index (χ0v) is 21.1.